The standard InChI is InChI=1S/C13H15F2NO2/c1-9(2)7-10-5-4-6-11(12(10)18-3)13(14,15)16-8-17/h4-6,9H,7H2,1-3H3. The van der Waals surface area contributed by atoms with Crippen LogP contribution >= 0.6 is 0 Å². The number of alkyl halides is 2. The second-order valence-electron chi connectivity index (χ2n) is 4.34. The van der Waals surface area contributed by atoms with Crippen LogP contribution in [0, 0.1) is 5.92 Å². The first-order valence-electron chi connectivity index (χ1n) is 5.55. The summed E-state index contributed by atoms with van der Waals surface area (Å²) in [6.07, 6.45) is 1.50. The highest BCUT2D eigenvalue weighted by Gasteiger charge is 2.35. The number of benzene rings is 1. The Labute approximate surface area is 104 Å². The minimum Gasteiger partial charge on any atom is -0.496 e. The van der Waals surface area contributed by atoms with Gasteiger partial charge in [0.1, 0.15) is 5.75 Å². The summed E-state index contributed by atoms with van der Waals surface area (Å²) in [5, 5.41) is 0. The molecule has 0 fully saturated rings. The number of aliphatic imine (C=N–C) groups is 1. The monoisotopic (exact) mass is 255 g/mol. The minimum atomic E-state index is -3.61. The van der Waals surface area contributed by atoms with Crippen LogP contribution in [0.5, 0.6) is 5.75 Å². The van der Waals surface area contributed by atoms with Gasteiger partial charge in [-0.2, -0.15) is 8.78 Å². The lowest BCUT2D eigenvalue weighted by Gasteiger charge is -2.17. The second kappa shape index (κ2) is 5.74. The van der Waals surface area contributed by atoms with Gasteiger partial charge in [0.15, 0.2) is 0 Å². The van der Waals surface area contributed by atoms with Crippen LogP contribution in [0.1, 0.15) is 25.0 Å². The largest absolute Gasteiger partial charge is 0.496 e. The smallest absolute Gasteiger partial charge is 0.382 e. The molecule has 0 heterocycles. The molecule has 0 aromatic heterocycles. The molecule has 0 atom stereocenters. The predicted molar refractivity (Wildman–Crippen MR) is 63.6 cm³/mol. The van der Waals surface area contributed by atoms with Crippen molar-refractivity contribution in [2.24, 2.45) is 10.9 Å². The number of carbonyl (C=O) groups excluding carboxylic acids is 1. The van der Waals surface area contributed by atoms with Crippen LogP contribution in [0.2, 0.25) is 0 Å². The van der Waals surface area contributed by atoms with Gasteiger partial charge in [0.25, 0.3) is 0 Å². The molecule has 0 bridgehead atoms. The van der Waals surface area contributed by atoms with Crippen molar-refractivity contribution in [1.82, 2.24) is 0 Å². The highest BCUT2D eigenvalue weighted by atomic mass is 19.3. The van der Waals surface area contributed by atoms with Crippen LogP contribution in [0.3, 0.4) is 0 Å². The first-order chi connectivity index (χ1) is 8.42. The van der Waals surface area contributed by atoms with Gasteiger partial charge in [-0.25, -0.2) is 4.79 Å². The Kier molecular flexibility index (Phi) is 4.56. The lowest BCUT2D eigenvalue weighted by Crippen LogP contribution is -2.13. The summed E-state index contributed by atoms with van der Waals surface area (Å²) in [6.45, 7) is 3.96. The average molecular weight is 255 g/mol. The molecular formula is C13H15F2NO2. The molecule has 0 amide bonds. The minimum absolute atomic E-state index is 0.0789. The first-order valence-corrected chi connectivity index (χ1v) is 5.55. The van der Waals surface area contributed by atoms with Crippen molar-refractivity contribution >= 4 is 6.08 Å². The van der Waals surface area contributed by atoms with Gasteiger partial charge < -0.3 is 4.74 Å². The zero-order valence-corrected chi connectivity index (χ0v) is 10.5. The Morgan fingerprint density at radius 3 is 2.61 bits per heavy atom. The highest BCUT2D eigenvalue weighted by Crippen LogP contribution is 2.38. The number of para-hydroxylation sites is 1. The number of hydrogen-bond donors (Lipinski definition) is 0. The number of hydrogen-bond acceptors (Lipinski definition) is 3. The molecular weight excluding hydrogens is 240 g/mol. The normalized spacial score (nSPS) is 11.2. The molecule has 18 heavy (non-hydrogen) atoms. The van der Waals surface area contributed by atoms with Gasteiger partial charge in [-0.05, 0) is 24.0 Å². The predicted octanol–water partition coefficient (Wildman–Crippen LogP) is 3.28. The number of isocyanates is 1. The van der Waals surface area contributed by atoms with Gasteiger partial charge >= 0.3 is 6.05 Å². The van der Waals surface area contributed by atoms with E-state index < -0.39 is 11.6 Å². The van der Waals surface area contributed by atoms with Crippen LogP contribution in [-0.4, -0.2) is 13.2 Å². The van der Waals surface area contributed by atoms with Crippen molar-refractivity contribution in [3.63, 3.8) is 0 Å². The SMILES string of the molecule is COc1c(CC(C)C)cccc1C(F)(F)N=C=O. The molecule has 1 aromatic carbocycles. The Bertz CT molecular complexity index is 466. The van der Waals surface area contributed by atoms with Crippen molar-refractivity contribution in [2.75, 3.05) is 7.11 Å². The molecule has 0 spiro atoms. The van der Waals surface area contributed by atoms with Crippen LogP contribution in [-0.2, 0) is 17.3 Å². The molecule has 0 aliphatic rings. The molecule has 0 radical (unpaired) electrons. The van der Waals surface area contributed by atoms with E-state index in [1.54, 1.807) is 6.07 Å². The fourth-order valence-corrected chi connectivity index (χ4v) is 1.78. The number of methoxy groups -OCH3 is 1. The average Bonchev–Trinajstić information content (AvgIpc) is 2.27. The van der Waals surface area contributed by atoms with Gasteiger partial charge in [0.05, 0.1) is 12.7 Å². The zero-order valence-electron chi connectivity index (χ0n) is 10.5. The van der Waals surface area contributed by atoms with Crippen molar-refractivity contribution < 1.29 is 18.3 Å². The summed E-state index contributed by atoms with van der Waals surface area (Å²) >= 11 is 0. The van der Waals surface area contributed by atoms with E-state index in [4.69, 9.17) is 4.74 Å². The van der Waals surface area contributed by atoms with Crippen LogP contribution in [0.15, 0.2) is 23.2 Å². The summed E-state index contributed by atoms with van der Waals surface area (Å²) in [5.41, 5.74) is 0.261. The summed E-state index contributed by atoms with van der Waals surface area (Å²) in [6, 6.07) is 0.816. The maximum absolute atomic E-state index is 13.6. The van der Waals surface area contributed by atoms with E-state index in [0.29, 0.717) is 17.9 Å². The summed E-state index contributed by atoms with van der Waals surface area (Å²) in [5.74, 6) is 0.382. The van der Waals surface area contributed by atoms with Crippen molar-refractivity contribution in [3.05, 3.63) is 29.3 Å². The number of rotatable bonds is 5. The Hall–Kier alpha value is -1.74. The lowest BCUT2D eigenvalue weighted by molar-refractivity contribution is 0.00376. The van der Waals surface area contributed by atoms with Gasteiger partial charge in [-0.3, -0.25) is 0 Å². The highest BCUT2D eigenvalue weighted by molar-refractivity contribution is 5.46. The molecule has 0 unspecified atom stereocenters. The van der Waals surface area contributed by atoms with E-state index in [9.17, 15) is 13.6 Å². The van der Waals surface area contributed by atoms with Gasteiger partial charge in [-0.1, -0.05) is 26.0 Å². The zero-order chi connectivity index (χ0) is 13.8. The van der Waals surface area contributed by atoms with Crippen molar-refractivity contribution in [3.8, 4) is 5.75 Å². The molecule has 0 aliphatic carbocycles. The Morgan fingerprint density at radius 2 is 2.11 bits per heavy atom. The van der Waals surface area contributed by atoms with E-state index >= 15 is 0 Å². The lowest BCUT2D eigenvalue weighted by atomic mass is 9.99. The third-order valence-corrected chi connectivity index (χ3v) is 2.44. The maximum atomic E-state index is 13.6. The van der Waals surface area contributed by atoms with E-state index in [-0.39, 0.29) is 5.75 Å². The van der Waals surface area contributed by atoms with Crippen LogP contribution in [0.4, 0.5) is 8.78 Å². The molecule has 0 aliphatic heterocycles. The Morgan fingerprint density at radius 1 is 1.44 bits per heavy atom. The summed E-state index contributed by atoms with van der Waals surface area (Å²) < 4.78 is 32.3. The summed E-state index contributed by atoms with van der Waals surface area (Å²) in [4.78, 5) is 12.6. The second-order valence-corrected chi connectivity index (χ2v) is 4.34. The summed E-state index contributed by atoms with van der Waals surface area (Å²) in [7, 11) is 1.32. The molecule has 0 saturated heterocycles. The van der Waals surface area contributed by atoms with Crippen molar-refractivity contribution in [1.29, 1.82) is 0 Å². The molecule has 98 valence electrons. The molecule has 0 N–H and O–H groups in total. The molecule has 0 saturated carbocycles. The van der Waals surface area contributed by atoms with Crippen LogP contribution < -0.4 is 4.74 Å². The van der Waals surface area contributed by atoms with Gasteiger partial charge in [0, 0.05) is 0 Å². The number of halogens is 2. The molecule has 1 rings (SSSR count). The number of ether oxygens (including phenoxy) is 1. The first kappa shape index (κ1) is 14.3. The van der Waals surface area contributed by atoms with E-state index in [1.807, 2.05) is 13.8 Å². The maximum Gasteiger partial charge on any atom is 0.382 e. The Balaban J connectivity index is 3.32. The van der Waals surface area contributed by atoms with Gasteiger partial charge in [0.2, 0.25) is 6.08 Å². The topological polar surface area (TPSA) is 38.7 Å². The van der Waals surface area contributed by atoms with E-state index in [1.165, 1.54) is 19.2 Å². The van der Waals surface area contributed by atoms with Gasteiger partial charge in [-0.15, -0.1) is 4.99 Å². The molecule has 3 nitrogen and oxygen atoms in total. The van der Waals surface area contributed by atoms with E-state index in [0.717, 1.165) is 6.08 Å². The number of nitrogens with zero attached hydrogens (tertiary/aromatic N) is 1. The quantitative estimate of drug-likeness (QED) is 0.460. The molecule has 5 heteroatoms. The molecule has 1 aromatic rings. The third-order valence-electron chi connectivity index (χ3n) is 2.44. The van der Waals surface area contributed by atoms with E-state index in [2.05, 4.69) is 4.99 Å². The van der Waals surface area contributed by atoms with Crippen LogP contribution in [0.25, 0.3) is 0 Å². The fraction of sp³-hybridized carbons (Fsp3) is 0.462. The third kappa shape index (κ3) is 3.14. The van der Waals surface area contributed by atoms with Crippen molar-refractivity contribution in [2.45, 2.75) is 26.3 Å². The fourth-order valence-electron chi connectivity index (χ4n) is 1.78.